The Morgan fingerprint density at radius 2 is 2.19 bits per heavy atom. The van der Waals surface area contributed by atoms with Crippen LogP contribution in [0.5, 0.6) is 0 Å². The average Bonchev–Trinajstić information content (AvgIpc) is 2.68. The van der Waals surface area contributed by atoms with Crippen LogP contribution >= 0.6 is 0 Å². The molecule has 0 saturated carbocycles. The summed E-state index contributed by atoms with van der Waals surface area (Å²) in [4.78, 5) is 2.47. The minimum atomic E-state index is 0.175. The van der Waals surface area contributed by atoms with E-state index in [0.29, 0.717) is 6.10 Å². The van der Waals surface area contributed by atoms with Gasteiger partial charge < -0.3 is 15.4 Å². The Kier molecular flexibility index (Phi) is 5.22. The SMILES string of the molecule is CCN(CC1CCCO1)CC(C)(C)C(C)N. The highest BCUT2D eigenvalue weighted by Gasteiger charge is 2.27. The highest BCUT2D eigenvalue weighted by molar-refractivity contribution is 4.82. The highest BCUT2D eigenvalue weighted by Crippen LogP contribution is 2.22. The fourth-order valence-corrected chi connectivity index (χ4v) is 2.10. The molecule has 1 aliphatic heterocycles. The maximum Gasteiger partial charge on any atom is 0.0702 e. The first-order valence-electron chi connectivity index (χ1n) is 6.55. The van der Waals surface area contributed by atoms with E-state index in [1.807, 2.05) is 0 Å². The number of ether oxygens (including phenoxy) is 1. The Labute approximate surface area is 100 Å². The molecule has 1 fully saturated rings. The second kappa shape index (κ2) is 5.99. The molecule has 3 nitrogen and oxygen atoms in total. The molecular weight excluding hydrogens is 200 g/mol. The zero-order valence-electron chi connectivity index (χ0n) is 11.3. The van der Waals surface area contributed by atoms with E-state index in [1.54, 1.807) is 0 Å². The number of hydrogen-bond acceptors (Lipinski definition) is 3. The van der Waals surface area contributed by atoms with Gasteiger partial charge in [-0.05, 0) is 31.7 Å². The van der Waals surface area contributed by atoms with Gasteiger partial charge in [-0.1, -0.05) is 20.8 Å². The van der Waals surface area contributed by atoms with Gasteiger partial charge in [0, 0.05) is 25.7 Å². The summed E-state index contributed by atoms with van der Waals surface area (Å²) >= 11 is 0. The largest absolute Gasteiger partial charge is 0.377 e. The molecule has 0 amide bonds. The number of likely N-dealkylation sites (N-methyl/N-ethyl adjacent to an activating group) is 1. The lowest BCUT2D eigenvalue weighted by Crippen LogP contribution is -2.46. The Morgan fingerprint density at radius 3 is 2.62 bits per heavy atom. The van der Waals surface area contributed by atoms with Crippen LogP contribution in [0.1, 0.15) is 40.5 Å². The van der Waals surface area contributed by atoms with Gasteiger partial charge in [0.05, 0.1) is 6.10 Å². The summed E-state index contributed by atoms with van der Waals surface area (Å²) in [5, 5.41) is 0. The van der Waals surface area contributed by atoms with Crippen molar-refractivity contribution in [2.24, 2.45) is 11.1 Å². The summed E-state index contributed by atoms with van der Waals surface area (Å²) < 4.78 is 5.69. The van der Waals surface area contributed by atoms with E-state index < -0.39 is 0 Å². The monoisotopic (exact) mass is 228 g/mol. The van der Waals surface area contributed by atoms with Crippen molar-refractivity contribution >= 4 is 0 Å². The van der Waals surface area contributed by atoms with Crippen molar-refractivity contribution in [2.75, 3.05) is 26.2 Å². The molecule has 0 aromatic heterocycles. The molecule has 0 bridgehead atoms. The maximum absolute atomic E-state index is 6.02. The van der Waals surface area contributed by atoms with Crippen molar-refractivity contribution in [1.82, 2.24) is 4.90 Å². The molecule has 0 aromatic rings. The number of hydrogen-bond donors (Lipinski definition) is 1. The first kappa shape index (κ1) is 13.9. The van der Waals surface area contributed by atoms with Gasteiger partial charge in [0.15, 0.2) is 0 Å². The first-order chi connectivity index (χ1) is 7.45. The van der Waals surface area contributed by atoms with Gasteiger partial charge in [0.2, 0.25) is 0 Å². The lowest BCUT2D eigenvalue weighted by molar-refractivity contribution is 0.0580. The second-order valence-electron chi connectivity index (χ2n) is 5.74. The maximum atomic E-state index is 6.02. The van der Waals surface area contributed by atoms with Gasteiger partial charge in [-0.25, -0.2) is 0 Å². The van der Waals surface area contributed by atoms with E-state index in [9.17, 15) is 0 Å². The molecule has 1 rings (SSSR count). The second-order valence-corrected chi connectivity index (χ2v) is 5.74. The third-order valence-electron chi connectivity index (χ3n) is 3.80. The van der Waals surface area contributed by atoms with Gasteiger partial charge in [-0.15, -0.1) is 0 Å². The van der Waals surface area contributed by atoms with Gasteiger partial charge in [-0.3, -0.25) is 0 Å². The van der Waals surface area contributed by atoms with Gasteiger partial charge >= 0.3 is 0 Å². The zero-order chi connectivity index (χ0) is 12.2. The molecule has 3 heteroatoms. The zero-order valence-corrected chi connectivity index (χ0v) is 11.3. The number of rotatable bonds is 6. The number of nitrogens with two attached hydrogens (primary N) is 1. The lowest BCUT2D eigenvalue weighted by atomic mass is 9.85. The Morgan fingerprint density at radius 1 is 1.50 bits per heavy atom. The van der Waals surface area contributed by atoms with Gasteiger partial charge in [0.25, 0.3) is 0 Å². The molecule has 0 aromatic carbocycles. The third-order valence-corrected chi connectivity index (χ3v) is 3.80. The van der Waals surface area contributed by atoms with Crippen molar-refractivity contribution in [2.45, 2.75) is 52.7 Å². The summed E-state index contributed by atoms with van der Waals surface area (Å²) in [5.41, 5.74) is 6.20. The van der Waals surface area contributed by atoms with Crippen LogP contribution in [-0.4, -0.2) is 43.3 Å². The van der Waals surface area contributed by atoms with Gasteiger partial charge in [-0.2, -0.15) is 0 Å². The van der Waals surface area contributed by atoms with E-state index in [-0.39, 0.29) is 11.5 Å². The Balaban J connectivity index is 2.41. The molecule has 16 heavy (non-hydrogen) atoms. The van der Waals surface area contributed by atoms with Crippen LogP contribution in [-0.2, 0) is 4.74 Å². The summed E-state index contributed by atoms with van der Waals surface area (Å²) in [6, 6.07) is 0.228. The summed E-state index contributed by atoms with van der Waals surface area (Å²) in [6.45, 7) is 12.9. The minimum Gasteiger partial charge on any atom is -0.377 e. The summed E-state index contributed by atoms with van der Waals surface area (Å²) in [7, 11) is 0. The summed E-state index contributed by atoms with van der Waals surface area (Å²) in [6.07, 6.45) is 2.89. The van der Waals surface area contributed by atoms with Crippen LogP contribution in [0.25, 0.3) is 0 Å². The van der Waals surface area contributed by atoms with Crippen molar-refractivity contribution in [3.05, 3.63) is 0 Å². The first-order valence-corrected chi connectivity index (χ1v) is 6.55. The number of nitrogens with zero attached hydrogens (tertiary/aromatic N) is 1. The third kappa shape index (κ3) is 4.04. The van der Waals surface area contributed by atoms with Crippen molar-refractivity contribution < 1.29 is 4.74 Å². The van der Waals surface area contributed by atoms with Crippen LogP contribution in [0.4, 0.5) is 0 Å². The summed E-state index contributed by atoms with van der Waals surface area (Å²) in [5.74, 6) is 0. The average molecular weight is 228 g/mol. The van der Waals surface area contributed by atoms with Crippen LogP contribution in [0.15, 0.2) is 0 Å². The van der Waals surface area contributed by atoms with E-state index in [4.69, 9.17) is 10.5 Å². The predicted molar refractivity (Wildman–Crippen MR) is 68.5 cm³/mol. The van der Waals surface area contributed by atoms with Crippen molar-refractivity contribution in [3.63, 3.8) is 0 Å². The molecule has 1 saturated heterocycles. The quantitative estimate of drug-likeness (QED) is 0.754. The lowest BCUT2D eigenvalue weighted by Gasteiger charge is -2.35. The molecule has 1 aliphatic rings. The van der Waals surface area contributed by atoms with Crippen LogP contribution in [0.3, 0.4) is 0 Å². The van der Waals surface area contributed by atoms with E-state index >= 15 is 0 Å². The van der Waals surface area contributed by atoms with Crippen molar-refractivity contribution in [1.29, 1.82) is 0 Å². The highest BCUT2D eigenvalue weighted by atomic mass is 16.5. The fraction of sp³-hybridized carbons (Fsp3) is 1.00. The van der Waals surface area contributed by atoms with Crippen LogP contribution in [0.2, 0.25) is 0 Å². The Hall–Kier alpha value is -0.120. The van der Waals surface area contributed by atoms with E-state index in [0.717, 1.165) is 26.2 Å². The molecular formula is C13H28N2O. The fourth-order valence-electron chi connectivity index (χ4n) is 2.10. The molecule has 96 valence electrons. The Bertz CT molecular complexity index is 198. The topological polar surface area (TPSA) is 38.5 Å². The predicted octanol–water partition coefficient (Wildman–Crippen LogP) is 1.86. The standard InChI is InChI=1S/C13H28N2O/c1-5-15(9-12-7-6-8-16-12)10-13(3,4)11(2)14/h11-12H,5-10,14H2,1-4H3. The molecule has 0 aliphatic carbocycles. The molecule has 0 radical (unpaired) electrons. The van der Waals surface area contributed by atoms with E-state index in [2.05, 4.69) is 32.6 Å². The van der Waals surface area contributed by atoms with Crippen LogP contribution < -0.4 is 5.73 Å². The molecule has 2 atom stereocenters. The van der Waals surface area contributed by atoms with E-state index in [1.165, 1.54) is 12.8 Å². The van der Waals surface area contributed by atoms with Crippen LogP contribution in [0, 0.1) is 5.41 Å². The minimum absolute atomic E-state index is 0.175. The smallest absolute Gasteiger partial charge is 0.0702 e. The normalized spacial score (nSPS) is 24.0. The van der Waals surface area contributed by atoms with Crippen molar-refractivity contribution in [3.8, 4) is 0 Å². The molecule has 2 N–H and O–H groups in total. The van der Waals surface area contributed by atoms with Gasteiger partial charge in [0.1, 0.15) is 0 Å². The molecule has 0 spiro atoms. The molecule has 1 heterocycles. The molecule has 2 unspecified atom stereocenters.